The van der Waals surface area contributed by atoms with Gasteiger partial charge in [-0.15, -0.1) is 0 Å². The predicted octanol–water partition coefficient (Wildman–Crippen LogP) is 4.25. The summed E-state index contributed by atoms with van der Waals surface area (Å²) in [5.41, 5.74) is 3.85. The van der Waals surface area contributed by atoms with Crippen molar-refractivity contribution in [2.75, 3.05) is 0 Å². The lowest BCUT2D eigenvalue weighted by atomic mass is 10.1. The molecule has 22 heavy (non-hydrogen) atoms. The van der Waals surface area contributed by atoms with Crippen LogP contribution in [-0.4, -0.2) is 10.5 Å². The van der Waals surface area contributed by atoms with E-state index in [-0.39, 0.29) is 5.91 Å². The summed E-state index contributed by atoms with van der Waals surface area (Å²) in [6, 6.07) is 11.3. The van der Waals surface area contributed by atoms with Crippen LogP contribution in [0, 0.1) is 13.8 Å². The zero-order valence-corrected chi connectivity index (χ0v) is 14.1. The number of halogens is 1. The van der Waals surface area contributed by atoms with Crippen molar-refractivity contribution in [3.8, 4) is 0 Å². The summed E-state index contributed by atoms with van der Waals surface area (Å²) in [6.07, 6.45) is 0. The normalized spacial score (nSPS) is 12.1. The molecular weight excluding hydrogens is 316 g/mol. The predicted molar refractivity (Wildman–Crippen MR) is 91.6 cm³/mol. The first-order chi connectivity index (χ1) is 10.5. The highest BCUT2D eigenvalue weighted by atomic mass is 35.5. The Kier molecular flexibility index (Phi) is 3.89. The van der Waals surface area contributed by atoms with Crippen LogP contribution in [0.2, 0.25) is 5.02 Å². The molecule has 0 aliphatic carbocycles. The van der Waals surface area contributed by atoms with Crippen molar-refractivity contribution in [1.29, 1.82) is 0 Å². The molecule has 0 atom stereocenters. The Labute approximate surface area is 137 Å². The SMILES string of the molecule is Cc1ccc(C(=O)N=c2sc3cc(Cl)cc(C)c3n2C)cc1. The first kappa shape index (κ1) is 15.0. The Morgan fingerprint density at radius 2 is 1.86 bits per heavy atom. The van der Waals surface area contributed by atoms with Gasteiger partial charge in [-0.1, -0.05) is 40.6 Å². The summed E-state index contributed by atoms with van der Waals surface area (Å²) < 4.78 is 2.97. The van der Waals surface area contributed by atoms with Crippen molar-refractivity contribution in [3.63, 3.8) is 0 Å². The van der Waals surface area contributed by atoms with Crippen molar-refractivity contribution in [3.05, 3.63) is 62.9 Å². The molecule has 0 fully saturated rings. The Balaban J connectivity index is 2.13. The van der Waals surface area contributed by atoms with Crippen LogP contribution in [0.1, 0.15) is 21.5 Å². The number of aryl methyl sites for hydroxylation is 3. The van der Waals surface area contributed by atoms with Crippen LogP contribution in [-0.2, 0) is 7.05 Å². The fraction of sp³-hybridized carbons (Fsp3) is 0.176. The third-order valence-electron chi connectivity index (χ3n) is 3.55. The summed E-state index contributed by atoms with van der Waals surface area (Å²) in [5.74, 6) is -0.231. The fourth-order valence-corrected chi connectivity index (χ4v) is 3.89. The van der Waals surface area contributed by atoms with Gasteiger partial charge in [0.2, 0.25) is 0 Å². The Hall–Kier alpha value is -1.91. The Morgan fingerprint density at radius 1 is 1.18 bits per heavy atom. The molecule has 0 saturated heterocycles. The van der Waals surface area contributed by atoms with Gasteiger partial charge in [-0.25, -0.2) is 0 Å². The third kappa shape index (κ3) is 2.72. The van der Waals surface area contributed by atoms with Crippen LogP contribution in [0.3, 0.4) is 0 Å². The lowest BCUT2D eigenvalue weighted by molar-refractivity contribution is 0.0998. The van der Waals surface area contributed by atoms with E-state index in [0.29, 0.717) is 15.4 Å². The number of rotatable bonds is 1. The smallest absolute Gasteiger partial charge is 0.279 e. The quantitative estimate of drug-likeness (QED) is 0.656. The largest absolute Gasteiger partial charge is 0.319 e. The van der Waals surface area contributed by atoms with E-state index in [2.05, 4.69) is 4.99 Å². The third-order valence-corrected chi connectivity index (χ3v) is 4.85. The van der Waals surface area contributed by atoms with Gasteiger partial charge in [0.25, 0.3) is 5.91 Å². The molecule has 0 N–H and O–H groups in total. The van der Waals surface area contributed by atoms with Crippen molar-refractivity contribution >= 4 is 39.1 Å². The topological polar surface area (TPSA) is 34.4 Å². The van der Waals surface area contributed by atoms with Gasteiger partial charge in [0, 0.05) is 17.6 Å². The number of benzene rings is 2. The van der Waals surface area contributed by atoms with Crippen LogP contribution in [0.25, 0.3) is 10.2 Å². The second-order valence-corrected chi connectivity index (χ2v) is 6.74. The molecule has 0 unspecified atom stereocenters. The van der Waals surface area contributed by atoms with Gasteiger partial charge < -0.3 is 4.57 Å². The minimum absolute atomic E-state index is 0.231. The van der Waals surface area contributed by atoms with Crippen LogP contribution >= 0.6 is 22.9 Å². The maximum atomic E-state index is 12.3. The van der Waals surface area contributed by atoms with Gasteiger partial charge in [0.05, 0.1) is 10.2 Å². The molecule has 3 aromatic rings. The molecule has 3 nitrogen and oxygen atoms in total. The van der Waals surface area contributed by atoms with E-state index < -0.39 is 0 Å². The molecule has 5 heteroatoms. The molecule has 0 saturated carbocycles. The van der Waals surface area contributed by atoms with E-state index in [1.165, 1.54) is 11.3 Å². The number of thiazole rings is 1. The summed E-state index contributed by atoms with van der Waals surface area (Å²) in [4.78, 5) is 17.2. The maximum Gasteiger partial charge on any atom is 0.279 e. The van der Waals surface area contributed by atoms with Gasteiger partial charge in [-0.3, -0.25) is 4.79 Å². The standard InChI is InChI=1S/C17H15ClN2OS/c1-10-4-6-12(7-5-10)16(21)19-17-20(3)15-11(2)8-13(18)9-14(15)22-17/h4-9H,1-3H3. The molecule has 0 aliphatic heterocycles. The lowest BCUT2D eigenvalue weighted by Gasteiger charge is -2.00. The number of fused-ring (bicyclic) bond motifs is 1. The van der Waals surface area contributed by atoms with Crippen LogP contribution in [0.4, 0.5) is 0 Å². The molecular formula is C17H15ClN2OS. The molecule has 3 rings (SSSR count). The number of hydrogen-bond acceptors (Lipinski definition) is 2. The summed E-state index contributed by atoms with van der Waals surface area (Å²) >= 11 is 7.57. The average molecular weight is 331 g/mol. The number of carbonyl (C=O) groups is 1. The van der Waals surface area contributed by atoms with E-state index in [0.717, 1.165) is 21.3 Å². The van der Waals surface area contributed by atoms with Crippen LogP contribution < -0.4 is 4.80 Å². The van der Waals surface area contributed by atoms with Crippen LogP contribution in [0.15, 0.2) is 41.4 Å². The second kappa shape index (κ2) is 5.71. The minimum Gasteiger partial charge on any atom is -0.319 e. The highest BCUT2D eigenvalue weighted by Gasteiger charge is 2.09. The first-order valence-corrected chi connectivity index (χ1v) is 8.06. The number of hydrogen-bond donors (Lipinski definition) is 0. The molecule has 112 valence electrons. The fourth-order valence-electron chi connectivity index (χ4n) is 2.42. The number of amides is 1. The molecule has 1 heterocycles. The van der Waals surface area contributed by atoms with E-state index >= 15 is 0 Å². The van der Waals surface area contributed by atoms with Gasteiger partial charge >= 0.3 is 0 Å². The minimum atomic E-state index is -0.231. The van der Waals surface area contributed by atoms with Gasteiger partial charge in [0.15, 0.2) is 4.80 Å². The highest BCUT2D eigenvalue weighted by molar-refractivity contribution is 7.16. The van der Waals surface area contributed by atoms with Crippen molar-refractivity contribution in [1.82, 2.24) is 4.57 Å². The second-order valence-electron chi connectivity index (χ2n) is 5.30. The van der Waals surface area contributed by atoms with Gasteiger partial charge in [-0.05, 0) is 43.7 Å². The molecule has 0 spiro atoms. The van der Waals surface area contributed by atoms with Gasteiger partial charge in [-0.2, -0.15) is 4.99 Å². The number of aromatic nitrogens is 1. The van der Waals surface area contributed by atoms with E-state index in [1.54, 1.807) is 12.1 Å². The summed E-state index contributed by atoms with van der Waals surface area (Å²) in [6.45, 7) is 4.00. The first-order valence-electron chi connectivity index (χ1n) is 6.87. The zero-order valence-electron chi connectivity index (χ0n) is 12.6. The molecule has 2 aromatic carbocycles. The van der Waals surface area contributed by atoms with Crippen molar-refractivity contribution in [2.45, 2.75) is 13.8 Å². The summed E-state index contributed by atoms with van der Waals surface area (Å²) in [5, 5.41) is 0.697. The van der Waals surface area contributed by atoms with Crippen LogP contribution in [0.5, 0.6) is 0 Å². The van der Waals surface area contributed by atoms with Gasteiger partial charge in [0.1, 0.15) is 0 Å². The molecule has 0 aliphatic rings. The van der Waals surface area contributed by atoms with Crippen molar-refractivity contribution in [2.24, 2.45) is 12.0 Å². The molecule has 1 aromatic heterocycles. The monoisotopic (exact) mass is 330 g/mol. The highest BCUT2D eigenvalue weighted by Crippen LogP contribution is 2.25. The lowest BCUT2D eigenvalue weighted by Crippen LogP contribution is -2.13. The Morgan fingerprint density at radius 3 is 2.55 bits per heavy atom. The maximum absolute atomic E-state index is 12.3. The molecule has 1 amide bonds. The zero-order chi connectivity index (χ0) is 15.9. The number of carbonyl (C=O) groups excluding carboxylic acids is 1. The Bertz CT molecular complexity index is 936. The molecule has 0 radical (unpaired) electrons. The van der Waals surface area contributed by atoms with Crippen molar-refractivity contribution < 1.29 is 4.79 Å². The van der Waals surface area contributed by atoms with E-state index in [9.17, 15) is 4.79 Å². The summed E-state index contributed by atoms with van der Waals surface area (Å²) in [7, 11) is 1.92. The van der Waals surface area contributed by atoms with E-state index in [1.807, 2.05) is 49.7 Å². The number of nitrogens with zero attached hydrogens (tertiary/aromatic N) is 2. The molecule has 0 bridgehead atoms. The average Bonchev–Trinajstić information content (AvgIpc) is 2.75. The van der Waals surface area contributed by atoms with E-state index in [4.69, 9.17) is 11.6 Å².